The largest absolute Gasteiger partial charge is 0.388 e. The maximum absolute atomic E-state index is 14.0. The third-order valence-corrected chi connectivity index (χ3v) is 7.45. The summed E-state index contributed by atoms with van der Waals surface area (Å²) >= 11 is 0. The zero-order valence-corrected chi connectivity index (χ0v) is 19.2. The van der Waals surface area contributed by atoms with E-state index in [1.807, 2.05) is 0 Å². The summed E-state index contributed by atoms with van der Waals surface area (Å²) in [5.41, 5.74) is 1.61. The molecule has 1 saturated heterocycles. The lowest BCUT2D eigenvalue weighted by Crippen LogP contribution is -2.52. The van der Waals surface area contributed by atoms with Crippen molar-refractivity contribution in [1.29, 1.82) is 0 Å². The average Bonchev–Trinajstić information content (AvgIpc) is 3.75. The molecule has 2 aromatic carbocycles. The molecule has 2 aliphatic carbocycles. The van der Waals surface area contributed by atoms with Crippen molar-refractivity contribution in [2.24, 2.45) is 11.8 Å². The molecular weight excluding hydrogens is 438 g/mol. The van der Waals surface area contributed by atoms with Crippen molar-refractivity contribution >= 4 is 6.03 Å². The molecule has 5 nitrogen and oxygen atoms in total. The van der Waals surface area contributed by atoms with Gasteiger partial charge in [0.2, 0.25) is 0 Å². The van der Waals surface area contributed by atoms with Gasteiger partial charge in [-0.1, -0.05) is 24.3 Å². The van der Waals surface area contributed by atoms with Crippen LogP contribution in [0.3, 0.4) is 0 Å². The van der Waals surface area contributed by atoms with Crippen molar-refractivity contribution in [2.75, 3.05) is 13.1 Å². The molecule has 1 heterocycles. The molecule has 2 amide bonds. The minimum Gasteiger partial charge on any atom is -0.388 e. The van der Waals surface area contributed by atoms with Crippen LogP contribution in [0.5, 0.6) is 0 Å². The van der Waals surface area contributed by atoms with Crippen LogP contribution in [0.2, 0.25) is 0 Å². The van der Waals surface area contributed by atoms with E-state index in [0.29, 0.717) is 37.8 Å². The Kier molecular flexibility index (Phi) is 6.58. The van der Waals surface area contributed by atoms with Crippen LogP contribution < -0.4 is 0 Å². The van der Waals surface area contributed by atoms with E-state index >= 15 is 0 Å². The normalized spacial score (nSPS) is 27.7. The number of carbonyl (C=O) groups excluding carboxylic acids is 1. The van der Waals surface area contributed by atoms with E-state index in [9.17, 15) is 23.8 Å². The van der Waals surface area contributed by atoms with E-state index in [0.717, 1.165) is 36.8 Å². The van der Waals surface area contributed by atoms with Gasteiger partial charge in [-0.3, -0.25) is 0 Å². The highest BCUT2D eigenvalue weighted by atomic mass is 19.1. The van der Waals surface area contributed by atoms with Crippen molar-refractivity contribution in [3.63, 3.8) is 0 Å². The average molecular weight is 471 g/mol. The van der Waals surface area contributed by atoms with Gasteiger partial charge >= 0.3 is 6.03 Å². The first-order valence-corrected chi connectivity index (χ1v) is 12.3. The highest BCUT2D eigenvalue weighted by Gasteiger charge is 2.48. The molecule has 2 aromatic rings. The van der Waals surface area contributed by atoms with Gasteiger partial charge in [0.1, 0.15) is 23.8 Å². The molecule has 3 fully saturated rings. The molecule has 182 valence electrons. The molecule has 0 bridgehead atoms. The number of amides is 2. The van der Waals surface area contributed by atoms with Gasteiger partial charge in [0.05, 0.1) is 12.1 Å². The Bertz CT molecular complexity index is 912. The Hall–Kier alpha value is -2.51. The van der Waals surface area contributed by atoms with Gasteiger partial charge in [-0.05, 0) is 85.8 Å². The smallest absolute Gasteiger partial charge is 0.320 e. The summed E-state index contributed by atoms with van der Waals surface area (Å²) < 4.78 is 26.9. The third kappa shape index (κ3) is 5.26. The Morgan fingerprint density at radius 3 is 1.35 bits per heavy atom. The molecule has 0 aromatic heterocycles. The van der Waals surface area contributed by atoms with Gasteiger partial charge in [-0.25, -0.2) is 13.6 Å². The summed E-state index contributed by atoms with van der Waals surface area (Å²) in [6.07, 6.45) is 2.53. The van der Waals surface area contributed by atoms with Crippen molar-refractivity contribution in [3.05, 3.63) is 71.3 Å². The summed E-state index contributed by atoms with van der Waals surface area (Å²) in [4.78, 5) is 17.5. The molecule has 2 saturated carbocycles. The first kappa shape index (κ1) is 23.2. The highest BCUT2D eigenvalue weighted by Crippen LogP contribution is 2.37. The van der Waals surface area contributed by atoms with Gasteiger partial charge in [-0.15, -0.1) is 0 Å². The van der Waals surface area contributed by atoms with E-state index in [1.54, 1.807) is 34.1 Å². The zero-order valence-electron chi connectivity index (χ0n) is 19.2. The van der Waals surface area contributed by atoms with Gasteiger partial charge in [0, 0.05) is 13.1 Å². The van der Waals surface area contributed by atoms with Gasteiger partial charge in [0.25, 0.3) is 0 Å². The van der Waals surface area contributed by atoms with Crippen LogP contribution in [0.25, 0.3) is 0 Å². The van der Waals surface area contributed by atoms with Crippen LogP contribution in [-0.2, 0) is 12.8 Å². The number of carbonyl (C=O) groups is 1. The molecule has 1 aliphatic heterocycles. The Morgan fingerprint density at radius 1 is 0.676 bits per heavy atom. The van der Waals surface area contributed by atoms with Crippen LogP contribution in [0.15, 0.2) is 48.5 Å². The minimum absolute atomic E-state index is 0.159. The monoisotopic (exact) mass is 470 g/mol. The summed E-state index contributed by atoms with van der Waals surface area (Å²) in [6.45, 7) is 1.08. The van der Waals surface area contributed by atoms with Crippen LogP contribution in [0.4, 0.5) is 13.6 Å². The predicted octanol–water partition coefficient (Wildman–Crippen LogP) is 3.77. The van der Waals surface area contributed by atoms with E-state index < -0.39 is 24.3 Å². The quantitative estimate of drug-likeness (QED) is 0.618. The molecule has 34 heavy (non-hydrogen) atoms. The second-order valence-electron chi connectivity index (χ2n) is 10.3. The van der Waals surface area contributed by atoms with Gasteiger partial charge in [0.15, 0.2) is 0 Å². The molecule has 5 rings (SSSR count). The lowest BCUT2D eigenvalue weighted by Gasteiger charge is -2.36. The molecule has 2 N–H and O–H groups in total. The molecule has 7 heteroatoms. The number of hydrogen-bond acceptors (Lipinski definition) is 3. The molecule has 4 atom stereocenters. The second-order valence-corrected chi connectivity index (χ2v) is 10.3. The van der Waals surface area contributed by atoms with Gasteiger partial charge < -0.3 is 20.0 Å². The third-order valence-electron chi connectivity index (χ3n) is 7.45. The highest BCUT2D eigenvalue weighted by molar-refractivity contribution is 5.76. The molecular formula is C27H32F2N2O3. The van der Waals surface area contributed by atoms with Crippen molar-refractivity contribution < 1.29 is 23.8 Å². The lowest BCUT2D eigenvalue weighted by atomic mass is 9.91. The van der Waals surface area contributed by atoms with Gasteiger partial charge in [-0.2, -0.15) is 0 Å². The predicted molar refractivity (Wildman–Crippen MR) is 124 cm³/mol. The van der Waals surface area contributed by atoms with Crippen molar-refractivity contribution in [2.45, 2.75) is 62.8 Å². The first-order chi connectivity index (χ1) is 16.4. The fourth-order valence-electron chi connectivity index (χ4n) is 5.04. The standard InChI is InChI=1S/C27H32F2N2O3/c28-21-9-5-17(6-10-21)13-23-25(32)26(33)24(14-18-7-11-22(29)12-8-18)31(16-20-3-4-20)27(34)30(23)15-19-1-2-19/h5-12,19-20,23-26,32-33H,1-4,13-16H2/t23-,24-,25+,26+/m1/s1. The fraction of sp³-hybridized carbons (Fsp3) is 0.519. The van der Waals surface area contributed by atoms with Crippen LogP contribution in [-0.4, -0.2) is 63.4 Å². The number of halogens is 2. The number of aliphatic hydroxyl groups excluding tert-OH is 2. The van der Waals surface area contributed by atoms with E-state index in [-0.39, 0.29) is 17.7 Å². The summed E-state index contributed by atoms with van der Waals surface area (Å²) in [6, 6.07) is 10.8. The summed E-state index contributed by atoms with van der Waals surface area (Å²) in [7, 11) is 0. The number of aliphatic hydroxyl groups is 2. The molecule has 0 radical (unpaired) electrons. The first-order valence-electron chi connectivity index (χ1n) is 12.3. The molecule has 0 spiro atoms. The number of hydrogen-bond donors (Lipinski definition) is 2. The SMILES string of the molecule is O=C1N(CC2CC2)[C@H](Cc2ccc(F)cc2)[C@H](O)[C@@H](O)[C@@H](Cc2ccc(F)cc2)N1CC1CC1. The van der Waals surface area contributed by atoms with Crippen LogP contribution in [0, 0.1) is 23.5 Å². The second kappa shape index (κ2) is 9.62. The van der Waals surface area contributed by atoms with E-state index in [2.05, 4.69) is 0 Å². The molecule has 3 aliphatic rings. The Labute approximate surface area is 199 Å². The number of benzene rings is 2. The van der Waals surface area contributed by atoms with Crippen LogP contribution in [0.1, 0.15) is 36.8 Å². The summed E-state index contributed by atoms with van der Waals surface area (Å²) in [5.74, 6) is 0.123. The van der Waals surface area contributed by atoms with E-state index in [1.165, 1.54) is 24.3 Å². The zero-order chi connectivity index (χ0) is 23.8. The molecule has 0 unspecified atom stereocenters. The maximum Gasteiger partial charge on any atom is 0.320 e. The number of nitrogens with zero attached hydrogens (tertiary/aromatic N) is 2. The number of rotatable bonds is 8. The van der Waals surface area contributed by atoms with Crippen molar-refractivity contribution in [3.8, 4) is 0 Å². The van der Waals surface area contributed by atoms with Crippen molar-refractivity contribution in [1.82, 2.24) is 9.80 Å². The Morgan fingerprint density at radius 2 is 1.03 bits per heavy atom. The fourth-order valence-corrected chi connectivity index (χ4v) is 5.04. The number of urea groups is 1. The Balaban J connectivity index is 1.48. The maximum atomic E-state index is 14.0. The topological polar surface area (TPSA) is 64.0 Å². The van der Waals surface area contributed by atoms with Crippen LogP contribution >= 0.6 is 0 Å². The van der Waals surface area contributed by atoms with E-state index in [4.69, 9.17) is 0 Å². The summed E-state index contributed by atoms with van der Waals surface area (Å²) in [5, 5.41) is 22.8. The minimum atomic E-state index is -1.16. The lowest BCUT2D eigenvalue weighted by molar-refractivity contribution is -0.0401.